The number of carbonyl (C=O) groups excluding carboxylic acids is 1. The van der Waals surface area contributed by atoms with Crippen LogP contribution in [-0.4, -0.2) is 57.4 Å². The number of ketones is 1. The molecule has 4 N–H and O–H groups in total. The first-order valence-corrected chi connectivity index (χ1v) is 3.41. The van der Waals surface area contributed by atoms with Crippen molar-refractivity contribution in [2.45, 2.75) is 24.6 Å². The summed E-state index contributed by atoms with van der Waals surface area (Å²) in [4.78, 5) is 10.8. The Morgan fingerprint density at radius 3 is 2.17 bits per heavy atom. The molecule has 1 fully saturated rings. The fourth-order valence-electron chi connectivity index (χ4n) is 1.02. The molecule has 4 atom stereocenters. The van der Waals surface area contributed by atoms with E-state index in [1.54, 1.807) is 0 Å². The Hall–Kier alpha value is -0.530. The zero-order chi connectivity index (χ0) is 9.30. The molecule has 0 saturated carbocycles. The van der Waals surface area contributed by atoms with Crippen molar-refractivity contribution >= 4 is 5.78 Å². The van der Waals surface area contributed by atoms with E-state index in [4.69, 9.17) is 20.4 Å². The van der Waals surface area contributed by atoms with Crippen molar-refractivity contribution in [1.82, 2.24) is 0 Å². The molecule has 0 radical (unpaired) electrons. The third-order valence-electron chi connectivity index (χ3n) is 1.71. The van der Waals surface area contributed by atoms with Crippen LogP contribution in [-0.2, 0) is 9.53 Å². The van der Waals surface area contributed by atoms with Gasteiger partial charge in [0.1, 0.15) is 24.9 Å². The first-order valence-electron chi connectivity index (χ1n) is 3.41. The predicted molar refractivity (Wildman–Crippen MR) is 35.0 cm³/mol. The van der Waals surface area contributed by atoms with Crippen LogP contribution in [0.25, 0.3) is 0 Å². The Bertz CT molecular complexity index is 181. The molecule has 1 saturated heterocycles. The lowest BCUT2D eigenvalue weighted by Crippen LogP contribution is -2.37. The van der Waals surface area contributed by atoms with Crippen LogP contribution in [0.5, 0.6) is 0 Å². The molecule has 1 aliphatic heterocycles. The zero-order valence-electron chi connectivity index (χ0n) is 6.12. The van der Waals surface area contributed by atoms with Crippen molar-refractivity contribution < 1.29 is 30.0 Å². The van der Waals surface area contributed by atoms with Gasteiger partial charge in [-0.3, -0.25) is 4.79 Å². The van der Waals surface area contributed by atoms with Gasteiger partial charge in [-0.25, -0.2) is 0 Å². The average molecular weight is 178 g/mol. The summed E-state index contributed by atoms with van der Waals surface area (Å²) in [5.74, 6) is -0.766. The van der Waals surface area contributed by atoms with Crippen LogP contribution in [0.1, 0.15) is 0 Å². The van der Waals surface area contributed by atoms with Crippen molar-refractivity contribution in [2.24, 2.45) is 0 Å². The fourth-order valence-corrected chi connectivity index (χ4v) is 1.02. The Labute approximate surface area is 68.0 Å². The van der Waals surface area contributed by atoms with Crippen molar-refractivity contribution in [1.29, 1.82) is 0 Å². The largest absolute Gasteiger partial charge is 0.388 e. The number of aliphatic hydroxyl groups excluding tert-OH is 4. The lowest BCUT2D eigenvalue weighted by Gasteiger charge is -2.10. The van der Waals surface area contributed by atoms with Crippen LogP contribution in [0.4, 0.5) is 0 Å². The first kappa shape index (κ1) is 9.56. The molecule has 1 heterocycles. The highest BCUT2D eigenvalue weighted by atomic mass is 16.6. The number of aliphatic hydroxyl groups is 4. The molecule has 0 amide bonds. The molecule has 0 spiro atoms. The summed E-state index contributed by atoms with van der Waals surface area (Å²) in [7, 11) is 0. The molecule has 0 aromatic rings. The van der Waals surface area contributed by atoms with Crippen molar-refractivity contribution in [3.63, 3.8) is 0 Å². The minimum Gasteiger partial charge on any atom is -0.388 e. The number of ether oxygens (including phenoxy) is 1. The molecule has 1 unspecified atom stereocenters. The molecule has 6 nitrogen and oxygen atoms in total. The Morgan fingerprint density at radius 1 is 1.25 bits per heavy atom. The average Bonchev–Trinajstić information content (AvgIpc) is 2.32. The van der Waals surface area contributed by atoms with E-state index in [0.717, 1.165) is 0 Å². The van der Waals surface area contributed by atoms with E-state index in [1.807, 2.05) is 0 Å². The van der Waals surface area contributed by atoms with Crippen LogP contribution in [0, 0.1) is 0 Å². The Balaban J connectivity index is 2.64. The van der Waals surface area contributed by atoms with E-state index in [9.17, 15) is 4.79 Å². The summed E-state index contributed by atoms with van der Waals surface area (Å²) in [5, 5.41) is 35.2. The smallest absolute Gasteiger partial charge is 0.189 e. The minimum atomic E-state index is -1.57. The lowest BCUT2D eigenvalue weighted by atomic mass is 10.1. The quantitative estimate of drug-likeness (QED) is 0.358. The molecule has 70 valence electrons. The van der Waals surface area contributed by atoms with E-state index < -0.39 is 37.0 Å². The molecule has 6 heteroatoms. The van der Waals surface area contributed by atoms with E-state index in [1.165, 1.54) is 0 Å². The van der Waals surface area contributed by atoms with Crippen LogP contribution >= 0.6 is 0 Å². The zero-order valence-corrected chi connectivity index (χ0v) is 6.12. The maximum absolute atomic E-state index is 10.8. The molecule has 0 aromatic heterocycles. The topological polar surface area (TPSA) is 107 Å². The minimum absolute atomic E-state index is 0.766. The third-order valence-corrected chi connectivity index (χ3v) is 1.71. The number of carbonyl (C=O) groups is 1. The van der Waals surface area contributed by atoms with Crippen molar-refractivity contribution in [2.75, 3.05) is 6.61 Å². The number of hydrogen-bond acceptors (Lipinski definition) is 6. The van der Waals surface area contributed by atoms with Crippen LogP contribution in [0.15, 0.2) is 0 Å². The molecular formula is C6H10O6. The molecule has 1 rings (SSSR count). The fraction of sp³-hybridized carbons (Fsp3) is 0.833. The Kier molecular flexibility index (Phi) is 2.76. The van der Waals surface area contributed by atoms with E-state index in [0.29, 0.717) is 0 Å². The molecule has 0 aliphatic carbocycles. The van der Waals surface area contributed by atoms with E-state index in [2.05, 4.69) is 4.74 Å². The van der Waals surface area contributed by atoms with Crippen molar-refractivity contribution in [3.05, 3.63) is 0 Å². The second-order valence-corrected chi connectivity index (χ2v) is 2.55. The van der Waals surface area contributed by atoms with Gasteiger partial charge in [0.15, 0.2) is 12.1 Å². The van der Waals surface area contributed by atoms with Crippen LogP contribution in [0.3, 0.4) is 0 Å². The highest BCUT2D eigenvalue weighted by Crippen LogP contribution is 2.19. The lowest BCUT2D eigenvalue weighted by molar-refractivity contribution is -0.151. The third kappa shape index (κ3) is 1.47. The van der Waals surface area contributed by atoms with Crippen LogP contribution < -0.4 is 0 Å². The summed E-state index contributed by atoms with van der Waals surface area (Å²) in [6.45, 7) is -0.791. The van der Waals surface area contributed by atoms with Crippen molar-refractivity contribution in [3.8, 4) is 0 Å². The summed E-state index contributed by atoms with van der Waals surface area (Å²) >= 11 is 0. The number of hydrogen-bond donors (Lipinski definition) is 4. The normalized spacial score (nSPS) is 41.7. The van der Waals surface area contributed by atoms with Crippen LogP contribution in [0.2, 0.25) is 0 Å². The second-order valence-electron chi connectivity index (χ2n) is 2.55. The number of rotatable bonds is 2. The standard InChI is InChI=1S/C6H10O6/c7-1-2(8)5-3(9)4(10)6(11)12-5/h3-7,9-11H,1H2/t3-,4-,5-,6?/m1/s1. The van der Waals surface area contributed by atoms with Gasteiger partial charge in [-0.05, 0) is 0 Å². The number of Topliss-reactive ketones (excluding diaryl/α,β-unsaturated/α-hetero) is 1. The maximum Gasteiger partial charge on any atom is 0.189 e. The first-order chi connectivity index (χ1) is 5.57. The summed E-state index contributed by atoms with van der Waals surface area (Å²) in [5.41, 5.74) is 0. The molecule has 1 aliphatic rings. The summed E-state index contributed by atoms with van der Waals surface area (Å²) < 4.78 is 4.48. The maximum atomic E-state index is 10.8. The molecular weight excluding hydrogens is 168 g/mol. The van der Waals surface area contributed by atoms with Gasteiger partial charge in [-0.2, -0.15) is 0 Å². The van der Waals surface area contributed by atoms with Gasteiger partial charge in [-0.15, -0.1) is 0 Å². The van der Waals surface area contributed by atoms with Gasteiger partial charge < -0.3 is 25.2 Å². The summed E-state index contributed by atoms with van der Waals surface area (Å²) in [6.07, 6.45) is -5.87. The highest BCUT2D eigenvalue weighted by Gasteiger charge is 2.44. The SMILES string of the molecule is O=C(CO)[C@H]1OC(O)[C@H](O)[C@H]1O. The van der Waals surface area contributed by atoms with Gasteiger partial charge >= 0.3 is 0 Å². The Morgan fingerprint density at radius 2 is 1.83 bits per heavy atom. The van der Waals surface area contributed by atoms with E-state index in [-0.39, 0.29) is 0 Å². The van der Waals surface area contributed by atoms with Gasteiger partial charge in [-0.1, -0.05) is 0 Å². The van der Waals surface area contributed by atoms with Gasteiger partial charge in [0, 0.05) is 0 Å². The molecule has 12 heavy (non-hydrogen) atoms. The highest BCUT2D eigenvalue weighted by molar-refractivity contribution is 5.85. The van der Waals surface area contributed by atoms with Gasteiger partial charge in [0.2, 0.25) is 0 Å². The molecule has 0 bridgehead atoms. The van der Waals surface area contributed by atoms with Gasteiger partial charge in [0.05, 0.1) is 0 Å². The van der Waals surface area contributed by atoms with E-state index >= 15 is 0 Å². The second kappa shape index (κ2) is 3.46. The molecule has 0 aromatic carbocycles. The van der Waals surface area contributed by atoms with Gasteiger partial charge in [0.25, 0.3) is 0 Å². The predicted octanol–water partition coefficient (Wildman–Crippen LogP) is -3.01. The monoisotopic (exact) mass is 178 g/mol. The summed E-state index contributed by atoms with van der Waals surface area (Å²) in [6, 6.07) is 0.